The van der Waals surface area contributed by atoms with E-state index in [1.165, 1.54) is 19.3 Å². The van der Waals surface area contributed by atoms with Gasteiger partial charge in [0.25, 0.3) is 5.91 Å². The van der Waals surface area contributed by atoms with E-state index in [0.717, 1.165) is 61.6 Å². The number of benzene rings is 1. The fourth-order valence-corrected chi connectivity index (χ4v) is 4.69. The van der Waals surface area contributed by atoms with Gasteiger partial charge in [-0.25, -0.2) is 15.0 Å². The first kappa shape index (κ1) is 19.7. The number of anilines is 2. The highest BCUT2D eigenvalue weighted by atomic mass is 16.1. The highest BCUT2D eigenvalue weighted by Crippen LogP contribution is 2.29. The molecule has 7 nitrogen and oxygen atoms in total. The summed E-state index contributed by atoms with van der Waals surface area (Å²) in [7, 11) is 0. The predicted octanol–water partition coefficient (Wildman–Crippen LogP) is 3.41. The molecule has 31 heavy (non-hydrogen) atoms. The Balaban J connectivity index is 1.36. The van der Waals surface area contributed by atoms with Crippen LogP contribution in [0.2, 0.25) is 0 Å². The van der Waals surface area contributed by atoms with Crippen LogP contribution >= 0.6 is 0 Å². The summed E-state index contributed by atoms with van der Waals surface area (Å²) in [5, 5.41) is 5.24. The van der Waals surface area contributed by atoms with Crippen molar-refractivity contribution in [1.82, 2.24) is 20.3 Å². The first-order valence-electron chi connectivity index (χ1n) is 11.2. The minimum Gasteiger partial charge on any atom is -0.353 e. The standard InChI is InChI=1S/C24H28N6O/c31-23(28-18-7-2-1-3-8-18)21-17-27-22(20-10-5-4-9-19(20)21)29-13-15-30(16-14-29)24-25-11-6-12-26-24/h4-6,9-12,17-18H,1-3,7-8,13-16H2,(H,28,31). The summed E-state index contributed by atoms with van der Waals surface area (Å²) in [4.78, 5) is 31.0. The number of carbonyl (C=O) groups is 1. The average molecular weight is 417 g/mol. The SMILES string of the molecule is O=C(NC1CCCCC1)c1cnc(N2CCN(c3ncccn3)CC2)c2ccccc12. The molecule has 2 aromatic heterocycles. The van der Waals surface area contributed by atoms with Gasteiger partial charge >= 0.3 is 0 Å². The number of pyridine rings is 1. The highest BCUT2D eigenvalue weighted by molar-refractivity contribution is 6.09. The first-order chi connectivity index (χ1) is 15.3. The van der Waals surface area contributed by atoms with E-state index in [-0.39, 0.29) is 11.9 Å². The summed E-state index contributed by atoms with van der Waals surface area (Å²) in [5.41, 5.74) is 0.668. The number of nitrogens with zero attached hydrogens (tertiary/aromatic N) is 5. The average Bonchev–Trinajstić information content (AvgIpc) is 2.84. The summed E-state index contributed by atoms with van der Waals surface area (Å²) >= 11 is 0. The molecule has 7 heteroatoms. The fraction of sp³-hybridized carbons (Fsp3) is 0.417. The number of nitrogens with one attached hydrogen (secondary N) is 1. The summed E-state index contributed by atoms with van der Waals surface area (Å²) in [5.74, 6) is 1.71. The second-order valence-electron chi connectivity index (χ2n) is 8.37. The third-order valence-corrected chi connectivity index (χ3v) is 6.37. The van der Waals surface area contributed by atoms with E-state index in [9.17, 15) is 4.79 Å². The van der Waals surface area contributed by atoms with E-state index >= 15 is 0 Å². The molecule has 2 aliphatic rings. The van der Waals surface area contributed by atoms with Crippen LogP contribution in [0.4, 0.5) is 11.8 Å². The van der Waals surface area contributed by atoms with Gasteiger partial charge in [-0.15, -0.1) is 0 Å². The Morgan fingerprint density at radius 1 is 0.839 bits per heavy atom. The van der Waals surface area contributed by atoms with Gasteiger partial charge in [0.1, 0.15) is 5.82 Å². The number of hydrogen-bond acceptors (Lipinski definition) is 6. The Morgan fingerprint density at radius 3 is 2.26 bits per heavy atom. The van der Waals surface area contributed by atoms with Crippen molar-refractivity contribution in [3.8, 4) is 0 Å². The zero-order valence-electron chi connectivity index (χ0n) is 17.7. The van der Waals surface area contributed by atoms with E-state index in [2.05, 4.69) is 31.2 Å². The maximum atomic E-state index is 13.0. The second-order valence-corrected chi connectivity index (χ2v) is 8.37. The van der Waals surface area contributed by atoms with Crippen molar-refractivity contribution in [3.63, 3.8) is 0 Å². The van der Waals surface area contributed by atoms with Gasteiger partial charge in [-0.05, 0) is 24.3 Å². The lowest BCUT2D eigenvalue weighted by molar-refractivity contribution is 0.0929. The Bertz CT molecular complexity index is 1040. The van der Waals surface area contributed by atoms with Crippen molar-refractivity contribution in [2.45, 2.75) is 38.1 Å². The van der Waals surface area contributed by atoms with E-state index in [1.807, 2.05) is 24.3 Å². The summed E-state index contributed by atoms with van der Waals surface area (Å²) in [6.07, 6.45) is 11.1. The molecular weight excluding hydrogens is 388 g/mol. The molecule has 1 aliphatic carbocycles. The molecule has 0 radical (unpaired) electrons. The van der Waals surface area contributed by atoms with Crippen molar-refractivity contribution < 1.29 is 4.79 Å². The lowest BCUT2D eigenvalue weighted by Crippen LogP contribution is -2.47. The largest absolute Gasteiger partial charge is 0.353 e. The van der Waals surface area contributed by atoms with E-state index in [1.54, 1.807) is 18.6 Å². The maximum Gasteiger partial charge on any atom is 0.253 e. The molecule has 2 fully saturated rings. The summed E-state index contributed by atoms with van der Waals surface area (Å²) in [6.45, 7) is 3.35. The van der Waals surface area contributed by atoms with Crippen molar-refractivity contribution in [2.75, 3.05) is 36.0 Å². The molecule has 0 unspecified atom stereocenters. The third-order valence-electron chi connectivity index (χ3n) is 6.37. The quantitative estimate of drug-likeness (QED) is 0.703. The third kappa shape index (κ3) is 4.17. The smallest absolute Gasteiger partial charge is 0.253 e. The Hall–Kier alpha value is -3.22. The number of fused-ring (bicyclic) bond motifs is 1. The van der Waals surface area contributed by atoms with Gasteiger partial charge in [0, 0.05) is 56.2 Å². The molecule has 0 bridgehead atoms. The van der Waals surface area contributed by atoms with Gasteiger partial charge in [0.2, 0.25) is 5.95 Å². The maximum absolute atomic E-state index is 13.0. The lowest BCUT2D eigenvalue weighted by atomic mass is 9.95. The molecular formula is C24H28N6O. The molecule has 0 atom stereocenters. The number of piperazine rings is 1. The van der Waals surface area contributed by atoms with Gasteiger partial charge < -0.3 is 15.1 Å². The number of carbonyl (C=O) groups excluding carboxylic acids is 1. The first-order valence-corrected chi connectivity index (χ1v) is 11.2. The monoisotopic (exact) mass is 416 g/mol. The van der Waals surface area contributed by atoms with Crippen molar-refractivity contribution in [3.05, 3.63) is 54.5 Å². The van der Waals surface area contributed by atoms with Crippen LogP contribution < -0.4 is 15.1 Å². The molecule has 1 aliphatic heterocycles. The minimum absolute atomic E-state index is 0.00630. The van der Waals surface area contributed by atoms with Crippen LogP contribution in [0.25, 0.3) is 10.8 Å². The van der Waals surface area contributed by atoms with Gasteiger partial charge in [0.05, 0.1) is 5.56 Å². The van der Waals surface area contributed by atoms with Crippen LogP contribution in [-0.2, 0) is 0 Å². The fourth-order valence-electron chi connectivity index (χ4n) is 4.69. The van der Waals surface area contributed by atoms with Crippen molar-refractivity contribution in [1.29, 1.82) is 0 Å². The molecule has 1 saturated heterocycles. The minimum atomic E-state index is -0.00630. The summed E-state index contributed by atoms with van der Waals surface area (Å²) < 4.78 is 0. The summed E-state index contributed by atoms with van der Waals surface area (Å²) in [6, 6.07) is 10.2. The topological polar surface area (TPSA) is 74.2 Å². The lowest BCUT2D eigenvalue weighted by Gasteiger charge is -2.36. The van der Waals surface area contributed by atoms with Crippen LogP contribution in [0.3, 0.4) is 0 Å². The van der Waals surface area contributed by atoms with Crippen LogP contribution in [-0.4, -0.2) is 53.1 Å². The van der Waals surface area contributed by atoms with Gasteiger partial charge in [-0.2, -0.15) is 0 Å². The van der Waals surface area contributed by atoms with Crippen LogP contribution in [0, 0.1) is 0 Å². The molecule has 1 aromatic carbocycles. The Labute approximate surface area is 182 Å². The molecule has 3 heterocycles. The van der Waals surface area contributed by atoms with Crippen molar-refractivity contribution >= 4 is 28.4 Å². The number of amides is 1. The Morgan fingerprint density at radius 2 is 1.52 bits per heavy atom. The van der Waals surface area contributed by atoms with Gasteiger partial charge in [0.15, 0.2) is 0 Å². The van der Waals surface area contributed by atoms with Crippen LogP contribution in [0.5, 0.6) is 0 Å². The van der Waals surface area contributed by atoms with E-state index in [0.29, 0.717) is 5.56 Å². The van der Waals surface area contributed by atoms with E-state index in [4.69, 9.17) is 4.98 Å². The normalized spacial score (nSPS) is 17.7. The highest BCUT2D eigenvalue weighted by Gasteiger charge is 2.23. The van der Waals surface area contributed by atoms with Crippen LogP contribution in [0.1, 0.15) is 42.5 Å². The van der Waals surface area contributed by atoms with Gasteiger partial charge in [-0.3, -0.25) is 4.79 Å². The van der Waals surface area contributed by atoms with Crippen molar-refractivity contribution in [2.24, 2.45) is 0 Å². The predicted molar refractivity (Wildman–Crippen MR) is 123 cm³/mol. The van der Waals surface area contributed by atoms with Gasteiger partial charge in [-0.1, -0.05) is 43.5 Å². The molecule has 160 valence electrons. The molecule has 1 N–H and O–H groups in total. The molecule has 5 rings (SSSR count). The van der Waals surface area contributed by atoms with Crippen LogP contribution in [0.15, 0.2) is 48.9 Å². The molecule has 1 saturated carbocycles. The van der Waals surface area contributed by atoms with E-state index < -0.39 is 0 Å². The molecule has 1 amide bonds. The zero-order valence-corrected chi connectivity index (χ0v) is 17.7. The number of aromatic nitrogens is 3. The number of hydrogen-bond donors (Lipinski definition) is 1. The zero-order chi connectivity index (χ0) is 21.0. The number of rotatable bonds is 4. The Kier molecular flexibility index (Phi) is 5.65. The molecule has 3 aromatic rings. The second kappa shape index (κ2) is 8.88. The molecule has 0 spiro atoms.